The lowest BCUT2D eigenvalue weighted by atomic mass is 10.2. The minimum Gasteiger partial charge on any atom is -0.454 e. The molecule has 0 saturated carbocycles. The molecule has 0 amide bonds. The number of fused-ring (bicyclic) bond motifs is 1. The van der Waals surface area contributed by atoms with E-state index in [-0.39, 0.29) is 13.3 Å². The molecule has 7 heteroatoms. The van der Waals surface area contributed by atoms with Gasteiger partial charge in [0.25, 0.3) is 10.2 Å². The Kier molecular flexibility index (Phi) is 2.75. The molecule has 1 heterocycles. The van der Waals surface area contributed by atoms with Crippen LogP contribution in [0, 0.1) is 0 Å². The van der Waals surface area contributed by atoms with Crippen LogP contribution >= 0.6 is 0 Å². The van der Waals surface area contributed by atoms with Crippen LogP contribution in [-0.4, -0.2) is 26.6 Å². The first-order valence-corrected chi connectivity index (χ1v) is 6.10. The Hall–Kier alpha value is -1.31. The quantitative estimate of drug-likeness (QED) is 0.814. The highest BCUT2D eigenvalue weighted by molar-refractivity contribution is 7.86. The molecule has 16 heavy (non-hydrogen) atoms. The highest BCUT2D eigenvalue weighted by Gasteiger charge is 2.16. The van der Waals surface area contributed by atoms with E-state index in [9.17, 15) is 8.42 Å². The summed E-state index contributed by atoms with van der Waals surface area (Å²) in [4.78, 5) is 0. The van der Waals surface area contributed by atoms with Gasteiger partial charge in [-0.05, 0) is 17.7 Å². The first-order chi connectivity index (χ1) is 7.47. The molecule has 0 bridgehead atoms. The third-order valence-electron chi connectivity index (χ3n) is 2.28. The number of ether oxygens (including phenoxy) is 2. The molecule has 6 nitrogen and oxygen atoms in total. The number of hydrogen-bond donors (Lipinski definition) is 1. The van der Waals surface area contributed by atoms with Crippen molar-refractivity contribution in [2.75, 3.05) is 13.8 Å². The monoisotopic (exact) mass is 244 g/mol. The predicted molar refractivity (Wildman–Crippen MR) is 57.1 cm³/mol. The highest BCUT2D eigenvalue weighted by atomic mass is 32.2. The average Bonchev–Trinajstić information content (AvgIpc) is 2.63. The van der Waals surface area contributed by atoms with Crippen LogP contribution in [0.3, 0.4) is 0 Å². The van der Waals surface area contributed by atoms with Gasteiger partial charge in [-0.3, -0.25) is 0 Å². The Balaban J connectivity index is 2.17. The van der Waals surface area contributed by atoms with Crippen molar-refractivity contribution in [3.05, 3.63) is 23.8 Å². The lowest BCUT2D eigenvalue weighted by molar-refractivity contribution is 0.174. The average molecular weight is 244 g/mol. The van der Waals surface area contributed by atoms with Crippen LogP contribution in [-0.2, 0) is 16.8 Å². The molecule has 0 aromatic heterocycles. The van der Waals surface area contributed by atoms with Gasteiger partial charge in [0.15, 0.2) is 11.5 Å². The lowest BCUT2D eigenvalue weighted by Gasteiger charge is -2.13. The molecule has 2 N–H and O–H groups in total. The minimum atomic E-state index is -3.65. The molecule has 2 rings (SSSR count). The minimum absolute atomic E-state index is 0.198. The van der Waals surface area contributed by atoms with Crippen LogP contribution in [0.1, 0.15) is 5.56 Å². The summed E-state index contributed by atoms with van der Waals surface area (Å²) in [5.74, 6) is 1.29. The number of hydrogen-bond acceptors (Lipinski definition) is 4. The van der Waals surface area contributed by atoms with E-state index in [2.05, 4.69) is 0 Å². The van der Waals surface area contributed by atoms with Crippen LogP contribution in [0.5, 0.6) is 11.5 Å². The second kappa shape index (κ2) is 3.93. The fourth-order valence-corrected chi connectivity index (χ4v) is 1.72. The van der Waals surface area contributed by atoms with E-state index in [1.54, 1.807) is 18.2 Å². The van der Waals surface area contributed by atoms with Crippen molar-refractivity contribution >= 4 is 10.2 Å². The first-order valence-electron chi connectivity index (χ1n) is 4.59. The molecule has 0 radical (unpaired) electrons. The van der Waals surface area contributed by atoms with Crippen molar-refractivity contribution in [1.29, 1.82) is 0 Å². The van der Waals surface area contributed by atoms with Gasteiger partial charge in [0, 0.05) is 13.6 Å². The summed E-state index contributed by atoms with van der Waals surface area (Å²) in [7, 11) is -2.24. The number of nitrogens with two attached hydrogens (primary N) is 1. The van der Waals surface area contributed by atoms with Gasteiger partial charge in [-0.1, -0.05) is 6.07 Å². The van der Waals surface area contributed by atoms with Gasteiger partial charge in [-0.25, -0.2) is 5.14 Å². The summed E-state index contributed by atoms with van der Waals surface area (Å²) >= 11 is 0. The number of rotatable bonds is 3. The van der Waals surface area contributed by atoms with Gasteiger partial charge >= 0.3 is 0 Å². The molecular formula is C9H12N2O4S. The zero-order valence-corrected chi connectivity index (χ0v) is 9.53. The zero-order chi connectivity index (χ0) is 11.8. The molecule has 1 aromatic carbocycles. The Morgan fingerprint density at radius 2 is 2.06 bits per heavy atom. The van der Waals surface area contributed by atoms with E-state index in [4.69, 9.17) is 14.6 Å². The second-order valence-corrected chi connectivity index (χ2v) is 5.14. The SMILES string of the molecule is CN(Cc1ccc2c(c1)OCO2)S(N)(=O)=O. The smallest absolute Gasteiger partial charge is 0.276 e. The topological polar surface area (TPSA) is 81.9 Å². The van der Waals surface area contributed by atoms with E-state index in [0.717, 1.165) is 9.87 Å². The first kappa shape index (κ1) is 11.2. The van der Waals surface area contributed by atoms with E-state index in [1.807, 2.05) is 0 Å². The summed E-state index contributed by atoms with van der Waals surface area (Å²) in [5.41, 5.74) is 0.792. The summed E-state index contributed by atoms with van der Waals surface area (Å²) in [6.45, 7) is 0.402. The van der Waals surface area contributed by atoms with Gasteiger partial charge in [0.2, 0.25) is 6.79 Å². The van der Waals surface area contributed by atoms with Crippen LogP contribution in [0.2, 0.25) is 0 Å². The molecule has 1 aromatic rings. The predicted octanol–water partition coefficient (Wildman–Crippen LogP) is 0.0506. The fraction of sp³-hybridized carbons (Fsp3) is 0.333. The maximum absolute atomic E-state index is 11.0. The maximum atomic E-state index is 11.0. The Labute approximate surface area is 93.7 Å². The summed E-state index contributed by atoms with van der Waals surface area (Å²) in [6.07, 6.45) is 0. The molecule has 0 aliphatic carbocycles. The second-order valence-electron chi connectivity index (χ2n) is 3.49. The molecular weight excluding hydrogens is 232 g/mol. The van der Waals surface area contributed by atoms with Crippen LogP contribution in [0.4, 0.5) is 0 Å². The standard InChI is InChI=1S/C9H12N2O4S/c1-11(16(10,12)13)5-7-2-3-8-9(4-7)15-6-14-8/h2-4H,5-6H2,1H3,(H2,10,12,13). The molecule has 1 aliphatic heterocycles. The van der Waals surface area contributed by atoms with Crippen molar-refractivity contribution in [3.8, 4) is 11.5 Å². The van der Waals surface area contributed by atoms with Crippen LogP contribution in [0.15, 0.2) is 18.2 Å². The highest BCUT2D eigenvalue weighted by Crippen LogP contribution is 2.32. The van der Waals surface area contributed by atoms with E-state index >= 15 is 0 Å². The molecule has 0 atom stereocenters. The van der Waals surface area contributed by atoms with E-state index in [0.29, 0.717) is 11.5 Å². The van der Waals surface area contributed by atoms with E-state index < -0.39 is 10.2 Å². The van der Waals surface area contributed by atoms with Crippen molar-refractivity contribution in [3.63, 3.8) is 0 Å². The number of benzene rings is 1. The summed E-state index contributed by atoms with van der Waals surface area (Å²) in [6, 6.07) is 5.26. The number of nitrogens with zero attached hydrogens (tertiary/aromatic N) is 1. The molecule has 0 fully saturated rings. The zero-order valence-electron chi connectivity index (χ0n) is 8.71. The Morgan fingerprint density at radius 1 is 1.38 bits per heavy atom. The van der Waals surface area contributed by atoms with Crippen molar-refractivity contribution in [2.45, 2.75) is 6.54 Å². The molecule has 0 spiro atoms. The maximum Gasteiger partial charge on any atom is 0.276 e. The molecule has 0 saturated heterocycles. The Morgan fingerprint density at radius 3 is 2.75 bits per heavy atom. The van der Waals surface area contributed by atoms with Crippen LogP contribution in [0.25, 0.3) is 0 Å². The van der Waals surface area contributed by atoms with Crippen molar-refractivity contribution in [2.24, 2.45) is 5.14 Å². The largest absolute Gasteiger partial charge is 0.454 e. The normalized spacial score (nSPS) is 14.4. The van der Waals surface area contributed by atoms with Crippen LogP contribution < -0.4 is 14.6 Å². The van der Waals surface area contributed by atoms with Gasteiger partial charge in [0.1, 0.15) is 0 Å². The Bertz CT molecular complexity index is 500. The molecule has 1 aliphatic rings. The molecule has 88 valence electrons. The summed E-state index contributed by atoms with van der Waals surface area (Å²) in [5, 5.41) is 4.98. The third-order valence-corrected chi connectivity index (χ3v) is 3.27. The summed E-state index contributed by atoms with van der Waals surface area (Å²) < 4.78 is 33.4. The fourth-order valence-electron chi connectivity index (χ4n) is 1.39. The van der Waals surface area contributed by atoms with Gasteiger partial charge in [-0.15, -0.1) is 0 Å². The third kappa shape index (κ3) is 2.26. The van der Waals surface area contributed by atoms with Gasteiger partial charge in [0.05, 0.1) is 0 Å². The van der Waals surface area contributed by atoms with Crippen molar-refractivity contribution < 1.29 is 17.9 Å². The van der Waals surface area contributed by atoms with E-state index in [1.165, 1.54) is 7.05 Å². The van der Waals surface area contributed by atoms with Gasteiger partial charge < -0.3 is 9.47 Å². The lowest BCUT2D eigenvalue weighted by Crippen LogP contribution is -2.32. The van der Waals surface area contributed by atoms with Crippen molar-refractivity contribution in [1.82, 2.24) is 4.31 Å². The molecule has 0 unspecified atom stereocenters. The van der Waals surface area contributed by atoms with Gasteiger partial charge in [-0.2, -0.15) is 12.7 Å².